The summed E-state index contributed by atoms with van der Waals surface area (Å²) in [5.74, 6) is -0.645. The lowest BCUT2D eigenvalue weighted by atomic mass is 10.00. The number of ether oxygens (including phenoxy) is 2. The molecule has 0 unspecified atom stereocenters. The predicted octanol–water partition coefficient (Wildman–Crippen LogP) is 3.89. The first kappa shape index (κ1) is 26.3. The third kappa shape index (κ3) is 7.08. The molecule has 1 saturated heterocycles. The van der Waals surface area contributed by atoms with Gasteiger partial charge in [-0.2, -0.15) is 0 Å². The van der Waals surface area contributed by atoms with Gasteiger partial charge in [-0.15, -0.1) is 0 Å². The molecule has 1 fully saturated rings. The van der Waals surface area contributed by atoms with E-state index in [-0.39, 0.29) is 30.0 Å². The number of aliphatic hydroxyl groups excluding tert-OH is 1. The van der Waals surface area contributed by atoms with Crippen LogP contribution in [-0.2, 0) is 9.47 Å². The molecule has 2 heterocycles. The first-order chi connectivity index (χ1) is 16.3. The molecule has 0 saturated carbocycles. The van der Waals surface area contributed by atoms with E-state index < -0.39 is 16.8 Å². The zero-order valence-electron chi connectivity index (χ0n) is 20.1. The number of unbranched alkanes of at least 4 members (excludes halogenated alkanes) is 7. The van der Waals surface area contributed by atoms with Gasteiger partial charge in [-0.1, -0.05) is 44.9 Å². The second-order valence-electron chi connectivity index (χ2n) is 9.38. The number of nitrogens with zero attached hydrogens (tertiary/aromatic N) is 3. The molecule has 190 valence electrons. The molecule has 0 spiro atoms. The number of aliphatic hydroxyl groups is 1. The molecule has 0 amide bonds. The van der Waals surface area contributed by atoms with E-state index in [9.17, 15) is 15.2 Å². The van der Waals surface area contributed by atoms with E-state index in [0.717, 1.165) is 38.6 Å². The van der Waals surface area contributed by atoms with E-state index in [0.29, 0.717) is 11.2 Å². The number of nitro groups is 1. The van der Waals surface area contributed by atoms with Gasteiger partial charge < -0.3 is 25.6 Å². The van der Waals surface area contributed by atoms with Crippen LogP contribution in [0.2, 0.25) is 0 Å². The molecule has 3 atom stereocenters. The van der Waals surface area contributed by atoms with Gasteiger partial charge in [-0.25, -0.2) is 4.63 Å². The zero-order valence-corrected chi connectivity index (χ0v) is 20.1. The van der Waals surface area contributed by atoms with Crippen LogP contribution in [0.4, 0.5) is 11.4 Å². The molecule has 0 aliphatic carbocycles. The molecule has 1 aliphatic rings. The summed E-state index contributed by atoms with van der Waals surface area (Å²) in [7, 11) is 0. The van der Waals surface area contributed by atoms with E-state index in [2.05, 4.69) is 20.3 Å². The molecule has 4 N–H and O–H groups in total. The SMILES string of the molecule is CC1(C)O[C@@H]([C@@H](N)CO)[C@@H](CCCCCCCCCCNc2ccc([N+](=O)[O-])c3nonc23)O1. The summed E-state index contributed by atoms with van der Waals surface area (Å²) in [6, 6.07) is 2.65. The van der Waals surface area contributed by atoms with Crippen molar-refractivity contribution in [1.82, 2.24) is 10.3 Å². The van der Waals surface area contributed by atoms with Crippen molar-refractivity contribution >= 4 is 22.4 Å². The number of rotatable bonds is 15. The molecule has 3 rings (SSSR count). The Bertz CT molecular complexity index is 920. The van der Waals surface area contributed by atoms with Gasteiger partial charge >= 0.3 is 5.69 Å². The molecule has 1 aliphatic heterocycles. The quantitative estimate of drug-likeness (QED) is 0.194. The van der Waals surface area contributed by atoms with Crippen molar-refractivity contribution in [3.05, 3.63) is 22.2 Å². The summed E-state index contributed by atoms with van der Waals surface area (Å²) in [5.41, 5.74) is 7.13. The van der Waals surface area contributed by atoms with Crippen LogP contribution in [0.3, 0.4) is 0 Å². The highest BCUT2D eigenvalue weighted by atomic mass is 16.8. The van der Waals surface area contributed by atoms with Gasteiger partial charge in [-0.05, 0) is 43.1 Å². The van der Waals surface area contributed by atoms with Crippen molar-refractivity contribution < 1.29 is 24.1 Å². The first-order valence-electron chi connectivity index (χ1n) is 12.2. The summed E-state index contributed by atoms with van der Waals surface area (Å²) < 4.78 is 16.5. The van der Waals surface area contributed by atoms with Crippen molar-refractivity contribution in [3.8, 4) is 0 Å². The molecule has 1 aromatic carbocycles. The molecule has 11 nitrogen and oxygen atoms in total. The number of aromatic nitrogens is 2. The highest BCUT2D eigenvalue weighted by Gasteiger charge is 2.43. The number of hydrogen-bond donors (Lipinski definition) is 3. The highest BCUT2D eigenvalue weighted by molar-refractivity contribution is 5.93. The number of nitrogens with two attached hydrogens (primary N) is 1. The molecule has 34 heavy (non-hydrogen) atoms. The minimum absolute atomic E-state index is 0.0605. The number of fused-ring (bicyclic) bond motifs is 1. The molecular weight excluding hydrogens is 442 g/mol. The Morgan fingerprint density at radius 2 is 1.74 bits per heavy atom. The topological polar surface area (TPSA) is 159 Å². The smallest absolute Gasteiger partial charge is 0.300 e. The zero-order chi connectivity index (χ0) is 24.6. The maximum absolute atomic E-state index is 11.1. The van der Waals surface area contributed by atoms with Crippen LogP contribution in [0.1, 0.15) is 71.6 Å². The number of nitrogens with one attached hydrogen (secondary N) is 1. The fraction of sp³-hybridized carbons (Fsp3) is 0.739. The van der Waals surface area contributed by atoms with Gasteiger partial charge in [0.05, 0.1) is 29.4 Å². The highest BCUT2D eigenvalue weighted by Crippen LogP contribution is 2.32. The molecule has 0 bridgehead atoms. The summed E-state index contributed by atoms with van der Waals surface area (Å²) in [6.45, 7) is 4.43. The Hall–Kier alpha value is -2.34. The lowest BCUT2D eigenvalue weighted by Crippen LogP contribution is -2.44. The Morgan fingerprint density at radius 1 is 1.09 bits per heavy atom. The summed E-state index contributed by atoms with van der Waals surface area (Å²) >= 11 is 0. The monoisotopic (exact) mass is 479 g/mol. The van der Waals surface area contributed by atoms with Gasteiger partial charge in [0.25, 0.3) is 0 Å². The molecule has 2 aromatic rings. The predicted molar refractivity (Wildman–Crippen MR) is 127 cm³/mol. The van der Waals surface area contributed by atoms with E-state index in [1.807, 2.05) is 13.8 Å². The molecule has 1 aromatic heterocycles. The van der Waals surface area contributed by atoms with Crippen LogP contribution >= 0.6 is 0 Å². The van der Waals surface area contributed by atoms with E-state index in [1.165, 1.54) is 31.7 Å². The maximum atomic E-state index is 11.1. The average Bonchev–Trinajstić information content (AvgIpc) is 3.41. The standard InChI is InChI=1S/C23H37N5O6/c1-23(2)32-19(22(33-23)16(24)15-29)11-9-7-5-3-4-6-8-10-14-25-17-12-13-18(28(30)31)21-20(17)26-34-27-21/h12-13,16,19,22,25,29H,3-11,14-15,24H2,1-2H3/t16-,19+,22-/m0/s1. The van der Waals surface area contributed by atoms with E-state index >= 15 is 0 Å². The minimum atomic E-state index is -0.645. The van der Waals surface area contributed by atoms with Crippen LogP contribution in [0.5, 0.6) is 0 Å². The van der Waals surface area contributed by atoms with Crippen molar-refractivity contribution in [2.24, 2.45) is 5.73 Å². The number of anilines is 1. The van der Waals surface area contributed by atoms with Gasteiger partial charge in [0, 0.05) is 12.6 Å². The second kappa shape index (κ2) is 12.4. The van der Waals surface area contributed by atoms with Crippen molar-refractivity contribution in [3.63, 3.8) is 0 Å². The fourth-order valence-corrected chi connectivity index (χ4v) is 4.45. The number of hydrogen-bond acceptors (Lipinski definition) is 10. The lowest BCUT2D eigenvalue weighted by Gasteiger charge is -2.21. The average molecular weight is 480 g/mol. The van der Waals surface area contributed by atoms with Crippen LogP contribution in [0.15, 0.2) is 16.8 Å². The number of nitro benzene ring substituents is 1. The van der Waals surface area contributed by atoms with Crippen molar-refractivity contribution in [1.29, 1.82) is 0 Å². The third-order valence-electron chi connectivity index (χ3n) is 6.18. The first-order valence-corrected chi connectivity index (χ1v) is 12.2. The van der Waals surface area contributed by atoms with Crippen LogP contribution in [0.25, 0.3) is 11.0 Å². The summed E-state index contributed by atoms with van der Waals surface area (Å²) in [4.78, 5) is 10.6. The normalized spacial score (nSPS) is 20.6. The number of benzene rings is 1. The Morgan fingerprint density at radius 3 is 2.41 bits per heavy atom. The summed E-state index contributed by atoms with van der Waals surface area (Å²) in [6.07, 6.45) is 9.66. The fourth-order valence-electron chi connectivity index (χ4n) is 4.45. The minimum Gasteiger partial charge on any atom is -0.395 e. The molecular formula is C23H37N5O6. The van der Waals surface area contributed by atoms with Gasteiger partial charge in [0.15, 0.2) is 11.3 Å². The second-order valence-corrected chi connectivity index (χ2v) is 9.38. The Labute approximate surface area is 199 Å². The van der Waals surface area contributed by atoms with Crippen molar-refractivity contribution in [2.75, 3.05) is 18.5 Å². The van der Waals surface area contributed by atoms with Crippen LogP contribution in [0, 0.1) is 10.1 Å². The number of non-ortho nitro benzene ring substituents is 1. The van der Waals surface area contributed by atoms with Crippen LogP contribution < -0.4 is 11.1 Å². The Balaban J connectivity index is 1.23. The van der Waals surface area contributed by atoms with E-state index in [4.69, 9.17) is 15.2 Å². The van der Waals surface area contributed by atoms with Gasteiger partial charge in [0.1, 0.15) is 6.10 Å². The van der Waals surface area contributed by atoms with E-state index in [1.54, 1.807) is 6.07 Å². The molecule has 0 radical (unpaired) electrons. The van der Waals surface area contributed by atoms with Crippen molar-refractivity contribution in [2.45, 2.75) is 95.7 Å². The summed E-state index contributed by atoms with van der Waals surface area (Å²) in [5, 5.41) is 31.1. The van der Waals surface area contributed by atoms with Gasteiger partial charge in [-0.3, -0.25) is 10.1 Å². The van der Waals surface area contributed by atoms with Gasteiger partial charge in [0.2, 0.25) is 5.52 Å². The van der Waals surface area contributed by atoms with Crippen LogP contribution in [-0.4, -0.2) is 57.5 Å². The largest absolute Gasteiger partial charge is 0.395 e. The molecule has 11 heteroatoms. The maximum Gasteiger partial charge on any atom is 0.300 e. The lowest BCUT2D eigenvalue weighted by molar-refractivity contribution is -0.383. The Kier molecular flexibility index (Phi) is 9.57. The third-order valence-corrected chi connectivity index (χ3v) is 6.18.